The second-order valence-electron chi connectivity index (χ2n) is 7.32. The summed E-state index contributed by atoms with van der Waals surface area (Å²) >= 11 is 0. The van der Waals surface area contributed by atoms with Crippen molar-refractivity contribution in [2.75, 3.05) is 0 Å². The molecule has 2 bridgehead atoms. The van der Waals surface area contributed by atoms with Crippen molar-refractivity contribution in [3.63, 3.8) is 0 Å². The van der Waals surface area contributed by atoms with Gasteiger partial charge in [-0.2, -0.15) is 0 Å². The fourth-order valence-corrected chi connectivity index (χ4v) is 5.46. The average Bonchev–Trinajstić information content (AvgIpc) is 3.13. The molecule has 0 amide bonds. The zero-order valence-electron chi connectivity index (χ0n) is 12.5. The van der Waals surface area contributed by atoms with E-state index >= 15 is 0 Å². The Labute approximate surface area is 125 Å². The molecule has 0 heterocycles. The molecule has 3 aliphatic rings. The summed E-state index contributed by atoms with van der Waals surface area (Å²) in [6, 6.07) is 4.92. The third-order valence-electron chi connectivity index (χ3n) is 6.34. The van der Waals surface area contributed by atoms with Crippen molar-refractivity contribution >= 4 is 0 Å². The molecule has 0 radical (unpaired) electrons. The van der Waals surface area contributed by atoms with Gasteiger partial charge in [0.2, 0.25) is 0 Å². The van der Waals surface area contributed by atoms with E-state index in [2.05, 4.69) is 12.2 Å². The van der Waals surface area contributed by atoms with Crippen molar-refractivity contribution in [3.8, 4) is 0 Å². The van der Waals surface area contributed by atoms with Gasteiger partial charge in [0.05, 0.1) is 0 Å². The number of fused-ring (bicyclic) bond motifs is 5. The van der Waals surface area contributed by atoms with Gasteiger partial charge >= 0.3 is 0 Å². The monoisotopic (exact) mass is 291 g/mol. The fourth-order valence-electron chi connectivity index (χ4n) is 5.46. The Hall–Kier alpha value is -0.960. The topological polar surface area (TPSA) is 12.0 Å². The van der Waals surface area contributed by atoms with Crippen LogP contribution in [0.5, 0.6) is 0 Å². The van der Waals surface area contributed by atoms with Gasteiger partial charge < -0.3 is 5.32 Å². The van der Waals surface area contributed by atoms with Crippen LogP contribution >= 0.6 is 0 Å². The predicted molar refractivity (Wildman–Crippen MR) is 78.7 cm³/mol. The number of hydrogen-bond donors (Lipinski definition) is 1. The predicted octanol–water partition coefficient (Wildman–Crippen LogP) is 4.44. The Morgan fingerprint density at radius 3 is 2.67 bits per heavy atom. The van der Waals surface area contributed by atoms with E-state index in [0.29, 0.717) is 6.04 Å². The molecule has 0 saturated heterocycles. The molecule has 3 fully saturated rings. The molecule has 6 atom stereocenters. The molecule has 0 aromatic heterocycles. The van der Waals surface area contributed by atoms with Crippen molar-refractivity contribution in [1.82, 2.24) is 5.32 Å². The molecular formula is C18H23F2N. The quantitative estimate of drug-likeness (QED) is 0.868. The lowest BCUT2D eigenvalue weighted by molar-refractivity contribution is 0.200. The SMILES string of the molecule is CC(NC1CC2CC1C1CCCC21)c1ccc(F)c(F)c1. The van der Waals surface area contributed by atoms with Crippen molar-refractivity contribution < 1.29 is 8.78 Å². The van der Waals surface area contributed by atoms with Crippen LogP contribution in [0, 0.1) is 35.3 Å². The zero-order chi connectivity index (χ0) is 14.6. The van der Waals surface area contributed by atoms with Crippen LogP contribution < -0.4 is 5.32 Å². The maximum atomic E-state index is 13.4. The second-order valence-corrected chi connectivity index (χ2v) is 7.32. The van der Waals surface area contributed by atoms with Crippen LogP contribution in [0.15, 0.2) is 18.2 Å². The first kappa shape index (κ1) is 13.7. The first-order chi connectivity index (χ1) is 10.1. The summed E-state index contributed by atoms with van der Waals surface area (Å²) in [6.45, 7) is 2.06. The lowest BCUT2D eigenvalue weighted by Crippen LogP contribution is -2.40. The summed E-state index contributed by atoms with van der Waals surface area (Å²) in [5, 5.41) is 3.70. The van der Waals surface area contributed by atoms with Gasteiger partial charge in [0.1, 0.15) is 0 Å². The van der Waals surface area contributed by atoms with Gasteiger partial charge in [-0.1, -0.05) is 12.5 Å². The van der Waals surface area contributed by atoms with Gasteiger partial charge in [-0.25, -0.2) is 8.78 Å². The molecule has 4 rings (SSSR count). The average molecular weight is 291 g/mol. The molecule has 114 valence electrons. The molecule has 6 unspecified atom stereocenters. The normalized spacial score (nSPS) is 38.7. The number of halogens is 2. The highest BCUT2D eigenvalue weighted by Crippen LogP contribution is 2.58. The zero-order valence-corrected chi connectivity index (χ0v) is 12.5. The van der Waals surface area contributed by atoms with Crippen molar-refractivity contribution in [3.05, 3.63) is 35.4 Å². The summed E-state index contributed by atoms with van der Waals surface area (Å²) in [5.41, 5.74) is 0.847. The first-order valence-electron chi connectivity index (χ1n) is 8.34. The van der Waals surface area contributed by atoms with Gasteiger partial charge in [-0.15, -0.1) is 0 Å². The minimum absolute atomic E-state index is 0.0873. The fraction of sp³-hybridized carbons (Fsp3) is 0.667. The lowest BCUT2D eigenvalue weighted by atomic mass is 9.79. The second kappa shape index (κ2) is 5.05. The van der Waals surface area contributed by atoms with Crippen molar-refractivity contribution in [2.24, 2.45) is 23.7 Å². The molecule has 3 heteroatoms. The summed E-state index contributed by atoms with van der Waals surface area (Å²) < 4.78 is 26.4. The summed E-state index contributed by atoms with van der Waals surface area (Å²) in [6.07, 6.45) is 6.92. The molecule has 1 aromatic carbocycles. The van der Waals surface area contributed by atoms with Crippen LogP contribution in [0.2, 0.25) is 0 Å². The Bertz CT molecular complexity index is 544. The maximum Gasteiger partial charge on any atom is 0.159 e. The van der Waals surface area contributed by atoms with E-state index in [0.717, 1.165) is 29.2 Å². The highest BCUT2D eigenvalue weighted by molar-refractivity contribution is 5.21. The van der Waals surface area contributed by atoms with E-state index in [1.165, 1.54) is 44.2 Å². The molecule has 1 aromatic rings. The molecular weight excluding hydrogens is 268 g/mol. The Balaban J connectivity index is 1.45. The van der Waals surface area contributed by atoms with E-state index in [4.69, 9.17) is 0 Å². The third-order valence-corrected chi connectivity index (χ3v) is 6.34. The van der Waals surface area contributed by atoms with E-state index in [9.17, 15) is 8.78 Å². The molecule has 3 saturated carbocycles. The minimum Gasteiger partial charge on any atom is -0.307 e. The molecule has 0 aliphatic heterocycles. The minimum atomic E-state index is -0.764. The van der Waals surface area contributed by atoms with Gasteiger partial charge in [-0.05, 0) is 74.0 Å². The van der Waals surface area contributed by atoms with Gasteiger partial charge in [0, 0.05) is 12.1 Å². The van der Waals surface area contributed by atoms with E-state index < -0.39 is 11.6 Å². The van der Waals surface area contributed by atoms with Gasteiger partial charge in [0.15, 0.2) is 11.6 Å². The van der Waals surface area contributed by atoms with Crippen molar-refractivity contribution in [1.29, 1.82) is 0 Å². The molecule has 1 nitrogen and oxygen atoms in total. The van der Waals surface area contributed by atoms with Crippen LogP contribution in [0.1, 0.15) is 50.6 Å². The molecule has 3 aliphatic carbocycles. The smallest absolute Gasteiger partial charge is 0.159 e. The van der Waals surface area contributed by atoms with Gasteiger partial charge in [0.25, 0.3) is 0 Å². The van der Waals surface area contributed by atoms with E-state index in [-0.39, 0.29) is 6.04 Å². The van der Waals surface area contributed by atoms with E-state index in [1.54, 1.807) is 6.07 Å². The third kappa shape index (κ3) is 2.21. The highest BCUT2D eigenvalue weighted by atomic mass is 19.2. The number of rotatable bonds is 3. The molecule has 0 spiro atoms. The molecule has 1 N–H and O–H groups in total. The summed E-state index contributed by atoms with van der Waals surface area (Å²) in [7, 11) is 0. The summed E-state index contributed by atoms with van der Waals surface area (Å²) in [4.78, 5) is 0. The first-order valence-corrected chi connectivity index (χ1v) is 8.34. The molecule has 21 heavy (non-hydrogen) atoms. The standard InChI is InChI=1S/C18H23F2N/c1-10(11-5-6-16(19)17(20)8-11)21-18-9-12-7-15(18)14-4-2-3-13(12)14/h5-6,8,10,12-15,18,21H,2-4,7,9H2,1H3. The largest absolute Gasteiger partial charge is 0.307 e. The highest BCUT2D eigenvalue weighted by Gasteiger charge is 2.53. The summed E-state index contributed by atoms with van der Waals surface area (Å²) in [5.74, 6) is 2.14. The van der Waals surface area contributed by atoms with Crippen molar-refractivity contribution in [2.45, 2.75) is 51.1 Å². The number of benzene rings is 1. The Morgan fingerprint density at radius 1 is 1.05 bits per heavy atom. The van der Waals surface area contributed by atoms with E-state index in [1.807, 2.05) is 0 Å². The lowest BCUT2D eigenvalue weighted by Gasteiger charge is -2.34. The number of hydrogen-bond acceptors (Lipinski definition) is 1. The maximum absolute atomic E-state index is 13.4. The number of nitrogens with one attached hydrogen (secondary N) is 1. The van der Waals surface area contributed by atoms with Crippen LogP contribution in [-0.4, -0.2) is 6.04 Å². The Morgan fingerprint density at radius 2 is 1.86 bits per heavy atom. The Kier molecular flexibility index (Phi) is 3.29. The van der Waals surface area contributed by atoms with Crippen LogP contribution in [0.3, 0.4) is 0 Å². The van der Waals surface area contributed by atoms with Crippen LogP contribution in [-0.2, 0) is 0 Å². The van der Waals surface area contributed by atoms with Crippen LogP contribution in [0.4, 0.5) is 8.78 Å². The van der Waals surface area contributed by atoms with Gasteiger partial charge in [-0.3, -0.25) is 0 Å². The van der Waals surface area contributed by atoms with Crippen LogP contribution in [0.25, 0.3) is 0 Å².